The zero-order valence-electron chi connectivity index (χ0n) is 13.1. The molecule has 0 aliphatic carbocycles. The van der Waals surface area contributed by atoms with Crippen molar-refractivity contribution < 1.29 is 21.2 Å². The molecule has 0 fully saturated rings. The Bertz CT molecular complexity index is 953. The first-order valence-electron chi connectivity index (χ1n) is 6.84. The second-order valence-electron chi connectivity index (χ2n) is 5.57. The maximum atomic E-state index is 13.9. The van der Waals surface area contributed by atoms with Crippen molar-refractivity contribution in [2.75, 3.05) is 11.0 Å². The topological polar surface area (TPSA) is 106 Å². The van der Waals surface area contributed by atoms with E-state index in [0.717, 1.165) is 29.7 Å². The van der Waals surface area contributed by atoms with Gasteiger partial charge >= 0.3 is 0 Å². The van der Waals surface area contributed by atoms with Crippen LogP contribution in [0.2, 0.25) is 0 Å². The lowest BCUT2D eigenvalue weighted by Crippen LogP contribution is -2.14. The van der Waals surface area contributed by atoms with E-state index < -0.39 is 35.5 Å². The second kappa shape index (κ2) is 6.73. The summed E-state index contributed by atoms with van der Waals surface area (Å²) in [5.74, 6) is -0.779. The van der Waals surface area contributed by atoms with E-state index in [1.807, 2.05) is 13.8 Å². The third kappa shape index (κ3) is 4.48. The van der Waals surface area contributed by atoms with Crippen molar-refractivity contribution in [2.45, 2.75) is 30.1 Å². The third-order valence-electron chi connectivity index (χ3n) is 2.88. The SMILES string of the molecule is CC(C)Cc1nnc(NS(=O)(=O)c2ccc(S(C)(=O)=O)c(F)c2)s1. The van der Waals surface area contributed by atoms with Crippen LogP contribution in [0, 0.1) is 11.7 Å². The van der Waals surface area contributed by atoms with Gasteiger partial charge in [-0.2, -0.15) is 0 Å². The van der Waals surface area contributed by atoms with E-state index in [4.69, 9.17) is 0 Å². The fourth-order valence-corrected chi connectivity index (χ4v) is 4.77. The average molecular weight is 393 g/mol. The van der Waals surface area contributed by atoms with Crippen LogP contribution in [-0.4, -0.2) is 33.3 Å². The van der Waals surface area contributed by atoms with Gasteiger partial charge in [0.2, 0.25) is 5.13 Å². The number of nitrogens with one attached hydrogen (secondary N) is 1. The molecule has 1 aromatic heterocycles. The maximum Gasteiger partial charge on any atom is 0.263 e. The highest BCUT2D eigenvalue weighted by atomic mass is 32.2. The molecule has 2 aromatic rings. The summed E-state index contributed by atoms with van der Waals surface area (Å²) in [5.41, 5.74) is 0. The Morgan fingerprint density at radius 3 is 2.42 bits per heavy atom. The highest BCUT2D eigenvalue weighted by molar-refractivity contribution is 7.93. The van der Waals surface area contributed by atoms with Gasteiger partial charge in [-0.15, -0.1) is 10.2 Å². The molecule has 1 N–H and O–H groups in total. The molecule has 1 aromatic carbocycles. The van der Waals surface area contributed by atoms with Gasteiger partial charge in [-0.1, -0.05) is 25.2 Å². The fraction of sp³-hybridized carbons (Fsp3) is 0.385. The van der Waals surface area contributed by atoms with E-state index in [1.54, 1.807) is 0 Å². The lowest BCUT2D eigenvalue weighted by Gasteiger charge is -2.06. The van der Waals surface area contributed by atoms with Gasteiger partial charge in [0.25, 0.3) is 10.0 Å². The second-order valence-corrected chi connectivity index (χ2v) is 10.3. The highest BCUT2D eigenvalue weighted by Gasteiger charge is 2.21. The van der Waals surface area contributed by atoms with Crippen LogP contribution in [0.4, 0.5) is 9.52 Å². The zero-order chi connectivity index (χ0) is 18.1. The minimum absolute atomic E-state index is 0.0678. The maximum absolute atomic E-state index is 13.9. The summed E-state index contributed by atoms with van der Waals surface area (Å²) in [4.78, 5) is -0.954. The van der Waals surface area contributed by atoms with Crippen LogP contribution in [0.25, 0.3) is 0 Å². The Hall–Kier alpha value is -1.59. The first-order chi connectivity index (χ1) is 11.0. The number of halogens is 1. The summed E-state index contributed by atoms with van der Waals surface area (Å²) in [6, 6.07) is 2.61. The molecule has 2 rings (SSSR count). The molecule has 0 aliphatic rings. The number of benzene rings is 1. The van der Waals surface area contributed by atoms with Crippen molar-refractivity contribution in [2.24, 2.45) is 5.92 Å². The number of aromatic nitrogens is 2. The Labute approximate surface area is 143 Å². The Morgan fingerprint density at radius 1 is 1.21 bits per heavy atom. The third-order valence-corrected chi connectivity index (χ3v) is 6.34. The summed E-state index contributed by atoms with van der Waals surface area (Å²) in [6.07, 6.45) is 1.51. The number of nitrogens with zero attached hydrogens (tertiary/aromatic N) is 2. The van der Waals surface area contributed by atoms with Gasteiger partial charge in [-0.05, 0) is 24.1 Å². The molecule has 7 nitrogen and oxygen atoms in total. The van der Waals surface area contributed by atoms with Gasteiger partial charge in [-0.3, -0.25) is 4.72 Å². The smallest absolute Gasteiger partial charge is 0.253 e. The molecule has 0 unspecified atom stereocenters. The standard InChI is InChI=1S/C13H16FN3O4S3/c1-8(2)6-12-15-16-13(22-12)17-24(20,21)9-4-5-11(10(14)7-9)23(3,18)19/h4-5,7-8H,6H2,1-3H3,(H,16,17). The molecule has 0 saturated carbocycles. The van der Waals surface area contributed by atoms with Crippen LogP contribution in [0.1, 0.15) is 18.9 Å². The molecule has 11 heteroatoms. The number of rotatable bonds is 6. The summed E-state index contributed by atoms with van der Waals surface area (Å²) < 4.78 is 63.3. The predicted octanol–water partition coefficient (Wildman–Crippen LogP) is 2.08. The minimum atomic E-state index is -4.09. The predicted molar refractivity (Wildman–Crippen MR) is 88.8 cm³/mol. The van der Waals surface area contributed by atoms with Crippen molar-refractivity contribution in [3.05, 3.63) is 29.0 Å². The van der Waals surface area contributed by atoms with Crippen LogP contribution in [0.5, 0.6) is 0 Å². The molecule has 0 radical (unpaired) electrons. The average Bonchev–Trinajstić information content (AvgIpc) is 2.82. The molecule has 0 amide bonds. The lowest BCUT2D eigenvalue weighted by atomic mass is 10.1. The molecule has 1 heterocycles. The number of hydrogen-bond acceptors (Lipinski definition) is 7. The summed E-state index contributed by atoms with van der Waals surface area (Å²) in [7, 11) is -7.86. The van der Waals surface area contributed by atoms with E-state index in [2.05, 4.69) is 14.9 Å². The van der Waals surface area contributed by atoms with Crippen LogP contribution < -0.4 is 4.72 Å². The van der Waals surface area contributed by atoms with Gasteiger partial charge in [0.15, 0.2) is 9.84 Å². The number of sulfonamides is 1. The van der Waals surface area contributed by atoms with Crippen LogP contribution in [-0.2, 0) is 26.3 Å². The number of sulfone groups is 1. The first kappa shape index (κ1) is 18.7. The van der Waals surface area contributed by atoms with Gasteiger partial charge < -0.3 is 0 Å². The lowest BCUT2D eigenvalue weighted by molar-refractivity contribution is 0.564. The molecule has 0 spiro atoms. The van der Waals surface area contributed by atoms with Crippen molar-refractivity contribution in [3.63, 3.8) is 0 Å². The van der Waals surface area contributed by atoms with Crippen molar-refractivity contribution >= 4 is 36.3 Å². The number of hydrogen-bond donors (Lipinski definition) is 1. The molecule has 24 heavy (non-hydrogen) atoms. The fourth-order valence-electron chi connectivity index (χ4n) is 1.85. The van der Waals surface area contributed by atoms with E-state index in [9.17, 15) is 21.2 Å². The monoisotopic (exact) mass is 393 g/mol. The van der Waals surface area contributed by atoms with E-state index in [1.165, 1.54) is 0 Å². The largest absolute Gasteiger partial charge is 0.263 e. The Kier molecular flexibility index (Phi) is 5.25. The Morgan fingerprint density at radius 2 is 1.88 bits per heavy atom. The molecular formula is C13H16FN3O4S3. The van der Waals surface area contributed by atoms with Crippen LogP contribution in [0.3, 0.4) is 0 Å². The molecule has 0 bridgehead atoms. The van der Waals surface area contributed by atoms with Crippen LogP contribution in [0.15, 0.2) is 28.0 Å². The van der Waals surface area contributed by atoms with E-state index >= 15 is 0 Å². The van der Waals surface area contributed by atoms with E-state index in [-0.39, 0.29) is 5.13 Å². The highest BCUT2D eigenvalue weighted by Crippen LogP contribution is 2.24. The van der Waals surface area contributed by atoms with Crippen molar-refractivity contribution in [1.82, 2.24) is 10.2 Å². The van der Waals surface area contributed by atoms with E-state index in [0.29, 0.717) is 23.4 Å². The van der Waals surface area contributed by atoms with Crippen LogP contribution >= 0.6 is 11.3 Å². The van der Waals surface area contributed by atoms with Gasteiger partial charge in [-0.25, -0.2) is 21.2 Å². The summed E-state index contributed by atoms with van der Waals surface area (Å²) >= 11 is 1.09. The van der Waals surface area contributed by atoms with Crippen molar-refractivity contribution in [1.29, 1.82) is 0 Å². The summed E-state index contributed by atoms with van der Waals surface area (Å²) in [5, 5.41) is 8.38. The molecule has 0 aliphatic heterocycles. The number of anilines is 1. The summed E-state index contributed by atoms with van der Waals surface area (Å²) in [6.45, 7) is 3.99. The van der Waals surface area contributed by atoms with Gasteiger partial charge in [0.1, 0.15) is 15.7 Å². The Balaban J connectivity index is 2.28. The quantitative estimate of drug-likeness (QED) is 0.805. The van der Waals surface area contributed by atoms with Gasteiger partial charge in [0, 0.05) is 12.7 Å². The first-order valence-corrected chi connectivity index (χ1v) is 11.0. The zero-order valence-corrected chi connectivity index (χ0v) is 15.6. The minimum Gasteiger partial charge on any atom is -0.253 e. The van der Waals surface area contributed by atoms with Gasteiger partial charge in [0.05, 0.1) is 4.90 Å². The molecule has 0 atom stereocenters. The van der Waals surface area contributed by atoms with Crippen molar-refractivity contribution in [3.8, 4) is 0 Å². The molecule has 0 saturated heterocycles. The normalized spacial score (nSPS) is 12.5. The molecule has 132 valence electrons. The molecular weight excluding hydrogens is 377 g/mol.